The molecule has 1 saturated heterocycles. The molecule has 34 heavy (non-hydrogen) atoms. The van der Waals surface area contributed by atoms with E-state index in [1.807, 2.05) is 0 Å². The minimum absolute atomic E-state index is 0.0648. The number of alkyl halides is 1. The first-order chi connectivity index (χ1) is 16.2. The number of fused-ring (bicyclic) bond motifs is 2. The molecule has 3 unspecified atom stereocenters. The molecule has 4 saturated carbocycles. The van der Waals surface area contributed by atoms with Gasteiger partial charge in [-0.15, -0.1) is 0 Å². The summed E-state index contributed by atoms with van der Waals surface area (Å²) >= 11 is 2.50. The summed E-state index contributed by atoms with van der Waals surface area (Å²) in [5, 5.41) is 11.2. The van der Waals surface area contributed by atoms with E-state index >= 15 is 0 Å². The van der Waals surface area contributed by atoms with Crippen molar-refractivity contribution in [2.75, 3.05) is 0 Å². The van der Waals surface area contributed by atoms with E-state index in [4.69, 9.17) is 4.74 Å². The number of hydrogen-bond acceptors (Lipinski definition) is 3. The van der Waals surface area contributed by atoms with Gasteiger partial charge >= 0.3 is 5.97 Å². The van der Waals surface area contributed by atoms with Crippen LogP contribution in [0.1, 0.15) is 85.0 Å². The molecule has 5 aliphatic carbocycles. The Morgan fingerprint density at radius 2 is 1.97 bits per heavy atom. The van der Waals surface area contributed by atoms with E-state index in [0.717, 1.165) is 43.5 Å². The zero-order valence-corrected chi connectivity index (χ0v) is 23.1. The molecule has 0 radical (unpaired) electrons. The van der Waals surface area contributed by atoms with Crippen LogP contribution in [0.2, 0.25) is 0 Å². The highest BCUT2D eigenvalue weighted by molar-refractivity contribution is 14.1. The molecule has 10 atom stereocenters. The Morgan fingerprint density at radius 3 is 2.62 bits per heavy atom. The van der Waals surface area contributed by atoms with Crippen LogP contribution >= 0.6 is 22.6 Å². The highest BCUT2D eigenvalue weighted by Gasteiger charge is 2.86. The maximum absolute atomic E-state index is 13.7. The number of carbonyl (C=O) groups excluding carboxylic acids is 1. The van der Waals surface area contributed by atoms with E-state index in [0.29, 0.717) is 24.2 Å². The van der Waals surface area contributed by atoms with Gasteiger partial charge in [-0.25, -0.2) is 0 Å². The van der Waals surface area contributed by atoms with E-state index in [-0.39, 0.29) is 28.0 Å². The van der Waals surface area contributed by atoms with Gasteiger partial charge in [0.05, 0.1) is 11.5 Å². The van der Waals surface area contributed by atoms with Crippen molar-refractivity contribution in [3.63, 3.8) is 0 Å². The number of carboxylic acid groups (broad SMARTS) is 1. The molecule has 0 aromatic carbocycles. The number of rotatable bonds is 6. The van der Waals surface area contributed by atoms with Gasteiger partial charge in [0.15, 0.2) is 0 Å². The normalized spacial score (nSPS) is 51.8. The van der Waals surface area contributed by atoms with Gasteiger partial charge in [-0.3, -0.25) is 4.79 Å². The highest BCUT2D eigenvalue weighted by atomic mass is 127. The van der Waals surface area contributed by atoms with Crippen molar-refractivity contribution in [1.29, 1.82) is 0 Å². The lowest BCUT2D eigenvalue weighted by Gasteiger charge is -2.59. The Labute approximate surface area is 218 Å². The fourth-order valence-electron chi connectivity index (χ4n) is 10.8. The summed E-state index contributed by atoms with van der Waals surface area (Å²) in [5.74, 6) is 2.02. The predicted octanol–water partition coefficient (Wildman–Crippen LogP) is 6.66. The number of carbonyl (C=O) groups is 2. The Balaban J connectivity index is 1.47. The van der Waals surface area contributed by atoms with Crippen molar-refractivity contribution < 1.29 is 19.4 Å². The monoisotopic (exact) mass is 580 g/mol. The lowest BCUT2D eigenvalue weighted by atomic mass is 9.41. The van der Waals surface area contributed by atoms with Gasteiger partial charge in [-0.05, 0) is 73.5 Å². The lowest BCUT2D eigenvalue weighted by molar-refractivity contribution is -0.194. The molecule has 6 aliphatic rings. The highest BCUT2D eigenvalue weighted by Crippen LogP contribution is 2.84. The first-order valence-electron chi connectivity index (χ1n) is 13.9. The molecule has 4 nitrogen and oxygen atoms in total. The smallest absolute Gasteiger partial charge is 0.315 e. The molecular formula is C29H41IO4. The Bertz CT molecular complexity index is 908. The molecule has 1 N–H and O–H groups in total. The third kappa shape index (κ3) is 2.70. The van der Waals surface area contributed by atoms with Gasteiger partial charge < -0.3 is 14.6 Å². The average Bonchev–Trinajstić information content (AvgIpc) is 3.59. The lowest BCUT2D eigenvalue weighted by Crippen LogP contribution is -2.65. The van der Waals surface area contributed by atoms with Gasteiger partial charge in [0.2, 0.25) is 0 Å². The first kappa shape index (κ1) is 23.9. The molecular weight excluding hydrogens is 539 g/mol. The Kier molecular flexibility index (Phi) is 5.66. The van der Waals surface area contributed by atoms with Crippen LogP contribution in [0.25, 0.3) is 0 Å². The second-order valence-electron chi connectivity index (χ2n) is 13.2. The van der Waals surface area contributed by atoms with Crippen LogP contribution in [0.15, 0.2) is 11.6 Å². The van der Waals surface area contributed by atoms with E-state index < -0.39 is 22.2 Å². The number of aliphatic carboxylic acids is 1. The van der Waals surface area contributed by atoms with Crippen LogP contribution in [0.4, 0.5) is 0 Å². The first-order valence-corrected chi connectivity index (χ1v) is 15.2. The van der Waals surface area contributed by atoms with Gasteiger partial charge in [-0.1, -0.05) is 87.1 Å². The number of aldehydes is 1. The standard InChI is InChI=1S/C29H41IO4/c1-16(2)23-12-20-13-27(15-31)22-9-8-17(3)21(22)14-28(20,29(23,27)26(32)33)24-11-19(25(30)34-24)10-18-6-4-5-7-18/h12,15-22,24-25H,4-11,13-14H2,1-3H3,(H,32,33)/t17-,19-,20?,21-,22-,24-,25-,27?,28?,29+/m1/s1. The molecule has 1 aliphatic heterocycles. The number of ether oxygens (including phenoxy) is 1. The second kappa shape index (κ2) is 8.03. The summed E-state index contributed by atoms with van der Waals surface area (Å²) in [6.07, 6.45) is 14.7. The quantitative estimate of drug-likeness (QED) is 0.165. The number of halogens is 1. The zero-order valence-electron chi connectivity index (χ0n) is 21.0. The maximum atomic E-state index is 13.7. The Morgan fingerprint density at radius 1 is 1.24 bits per heavy atom. The van der Waals surface area contributed by atoms with Crippen LogP contribution in [-0.4, -0.2) is 27.6 Å². The van der Waals surface area contributed by atoms with Gasteiger partial charge in [0.1, 0.15) is 15.8 Å². The molecule has 1 heterocycles. The van der Waals surface area contributed by atoms with E-state index in [1.165, 1.54) is 32.1 Å². The summed E-state index contributed by atoms with van der Waals surface area (Å²) in [6, 6.07) is 0. The van der Waals surface area contributed by atoms with Gasteiger partial charge in [-0.2, -0.15) is 0 Å². The summed E-state index contributed by atoms with van der Waals surface area (Å²) in [7, 11) is 0. The molecule has 0 amide bonds. The molecule has 0 aromatic rings. The molecule has 5 heteroatoms. The molecule has 4 bridgehead atoms. The topological polar surface area (TPSA) is 63.6 Å². The van der Waals surface area contributed by atoms with Crippen molar-refractivity contribution in [2.45, 2.75) is 95.2 Å². The summed E-state index contributed by atoms with van der Waals surface area (Å²) < 4.78 is 7.02. The molecule has 188 valence electrons. The number of hydrogen-bond donors (Lipinski definition) is 1. The fraction of sp³-hybridized carbons (Fsp3) is 0.862. The van der Waals surface area contributed by atoms with Gasteiger partial charge in [0, 0.05) is 5.41 Å². The fourth-order valence-corrected chi connectivity index (χ4v) is 11.7. The molecule has 0 aromatic heterocycles. The molecule has 6 rings (SSSR count). The number of carboxylic acids is 1. The Hall–Kier alpha value is -0.430. The van der Waals surface area contributed by atoms with E-state index in [2.05, 4.69) is 49.4 Å². The number of allylic oxidation sites excluding steroid dienone is 1. The summed E-state index contributed by atoms with van der Waals surface area (Å²) in [5.41, 5.74) is -1.32. The van der Waals surface area contributed by atoms with Crippen molar-refractivity contribution in [1.82, 2.24) is 0 Å². The van der Waals surface area contributed by atoms with E-state index in [9.17, 15) is 14.7 Å². The van der Waals surface area contributed by atoms with Crippen molar-refractivity contribution in [2.24, 2.45) is 57.7 Å². The van der Waals surface area contributed by atoms with Crippen LogP contribution in [0, 0.1) is 57.7 Å². The minimum Gasteiger partial charge on any atom is -0.481 e. The average molecular weight is 581 g/mol. The van der Waals surface area contributed by atoms with Crippen molar-refractivity contribution >= 4 is 34.8 Å². The maximum Gasteiger partial charge on any atom is 0.315 e. The largest absolute Gasteiger partial charge is 0.481 e. The third-order valence-corrected chi connectivity index (χ3v) is 13.2. The zero-order chi connectivity index (χ0) is 24.0. The van der Waals surface area contributed by atoms with Crippen LogP contribution in [0.3, 0.4) is 0 Å². The predicted molar refractivity (Wildman–Crippen MR) is 139 cm³/mol. The van der Waals surface area contributed by atoms with E-state index in [1.54, 1.807) is 0 Å². The minimum atomic E-state index is -1.10. The van der Waals surface area contributed by atoms with Crippen molar-refractivity contribution in [3.8, 4) is 0 Å². The van der Waals surface area contributed by atoms with Crippen LogP contribution in [-0.2, 0) is 14.3 Å². The SMILES string of the molecule is CC(C)C1=CC2CC3(C=O)[C@@H]4CC[C@@H](C)[C@H]4CC2([C@H]2C[C@@H](CC4CCCC4)[C@H](I)O2)[C@]13C(=O)O. The summed E-state index contributed by atoms with van der Waals surface area (Å²) in [4.78, 5) is 26.9. The van der Waals surface area contributed by atoms with Crippen LogP contribution < -0.4 is 0 Å². The van der Waals surface area contributed by atoms with Gasteiger partial charge in [0.25, 0.3) is 0 Å². The third-order valence-electron chi connectivity index (χ3n) is 11.9. The molecule has 0 spiro atoms. The molecule has 5 fully saturated rings. The summed E-state index contributed by atoms with van der Waals surface area (Å²) in [6.45, 7) is 6.61. The van der Waals surface area contributed by atoms with Crippen LogP contribution in [0.5, 0.6) is 0 Å². The second-order valence-corrected chi connectivity index (χ2v) is 14.5. The van der Waals surface area contributed by atoms with Crippen molar-refractivity contribution in [3.05, 3.63) is 11.6 Å².